The molecule has 0 aliphatic heterocycles. The van der Waals surface area contributed by atoms with Gasteiger partial charge in [0.1, 0.15) is 0 Å². The van der Waals surface area contributed by atoms with Gasteiger partial charge < -0.3 is 4.90 Å². The second-order valence-corrected chi connectivity index (χ2v) is 6.33. The van der Waals surface area contributed by atoms with Crippen molar-refractivity contribution in [2.75, 3.05) is 14.1 Å². The number of likely N-dealkylation sites (N-methyl/N-ethyl adjacent to an activating group) is 1. The van der Waals surface area contributed by atoms with E-state index in [2.05, 4.69) is 24.3 Å². The summed E-state index contributed by atoms with van der Waals surface area (Å²) in [4.78, 5) is 13.4. The maximum absolute atomic E-state index is 11.8. The molecule has 1 aromatic carbocycles. The van der Waals surface area contributed by atoms with Crippen molar-refractivity contribution in [1.29, 1.82) is 0 Å². The van der Waals surface area contributed by atoms with E-state index >= 15 is 0 Å². The van der Waals surface area contributed by atoms with Crippen LogP contribution in [0.4, 0.5) is 0 Å². The summed E-state index contributed by atoms with van der Waals surface area (Å²) in [5.41, 5.74) is 2.53. The van der Waals surface area contributed by atoms with Crippen molar-refractivity contribution in [3.05, 3.63) is 35.4 Å². The van der Waals surface area contributed by atoms with E-state index in [0.29, 0.717) is 6.42 Å². The third kappa shape index (κ3) is 4.66. The second-order valence-electron chi connectivity index (χ2n) is 6.33. The molecule has 0 radical (unpaired) electrons. The molecule has 20 heavy (non-hydrogen) atoms. The van der Waals surface area contributed by atoms with Gasteiger partial charge in [-0.2, -0.15) is 0 Å². The van der Waals surface area contributed by atoms with Gasteiger partial charge >= 0.3 is 0 Å². The van der Waals surface area contributed by atoms with Gasteiger partial charge in [-0.3, -0.25) is 4.79 Å². The van der Waals surface area contributed by atoms with Gasteiger partial charge in [0.2, 0.25) is 5.91 Å². The molecule has 0 unspecified atom stereocenters. The molecule has 1 saturated carbocycles. The highest BCUT2D eigenvalue weighted by molar-refractivity contribution is 5.78. The van der Waals surface area contributed by atoms with Crippen LogP contribution in [0.15, 0.2) is 24.3 Å². The summed E-state index contributed by atoms with van der Waals surface area (Å²) in [5.74, 6) is 1.10. The Hall–Kier alpha value is -1.31. The highest BCUT2D eigenvalue weighted by Crippen LogP contribution is 2.27. The Morgan fingerprint density at radius 2 is 1.85 bits per heavy atom. The molecule has 2 heteroatoms. The SMILES string of the molecule is CN(C)C(=O)Cc1cccc(CCC2CCCCC2)c1. The van der Waals surface area contributed by atoms with Crippen LogP contribution in [0, 0.1) is 5.92 Å². The van der Waals surface area contributed by atoms with Crippen molar-refractivity contribution in [3.8, 4) is 0 Å². The third-order valence-electron chi connectivity index (χ3n) is 4.41. The number of benzene rings is 1. The van der Waals surface area contributed by atoms with Gasteiger partial charge in [-0.25, -0.2) is 0 Å². The molecule has 110 valence electrons. The van der Waals surface area contributed by atoms with Crippen LogP contribution in [-0.4, -0.2) is 24.9 Å². The molecule has 0 bridgehead atoms. The van der Waals surface area contributed by atoms with E-state index in [-0.39, 0.29) is 5.91 Å². The van der Waals surface area contributed by atoms with Crippen LogP contribution >= 0.6 is 0 Å². The number of carbonyl (C=O) groups is 1. The molecule has 1 amide bonds. The van der Waals surface area contributed by atoms with E-state index in [1.165, 1.54) is 44.1 Å². The maximum Gasteiger partial charge on any atom is 0.226 e. The Labute approximate surface area is 123 Å². The molecular formula is C18H27NO. The first kappa shape index (κ1) is 15.1. The first-order valence-corrected chi connectivity index (χ1v) is 7.93. The van der Waals surface area contributed by atoms with Crippen molar-refractivity contribution < 1.29 is 4.79 Å². The van der Waals surface area contributed by atoms with Crippen molar-refractivity contribution in [2.45, 2.75) is 51.4 Å². The van der Waals surface area contributed by atoms with Crippen molar-refractivity contribution in [3.63, 3.8) is 0 Å². The molecule has 0 N–H and O–H groups in total. The van der Waals surface area contributed by atoms with E-state index in [1.807, 2.05) is 14.1 Å². The Morgan fingerprint density at radius 3 is 2.55 bits per heavy atom. The van der Waals surface area contributed by atoms with Gasteiger partial charge in [0.25, 0.3) is 0 Å². The highest BCUT2D eigenvalue weighted by atomic mass is 16.2. The average Bonchev–Trinajstić information content (AvgIpc) is 2.46. The first-order chi connectivity index (χ1) is 9.65. The Balaban J connectivity index is 1.87. The number of rotatable bonds is 5. The average molecular weight is 273 g/mol. The lowest BCUT2D eigenvalue weighted by molar-refractivity contribution is -0.127. The Kier molecular flexibility index (Phi) is 5.63. The summed E-state index contributed by atoms with van der Waals surface area (Å²) in [6, 6.07) is 8.57. The molecule has 1 aromatic rings. The number of hydrogen-bond donors (Lipinski definition) is 0. The molecule has 2 nitrogen and oxygen atoms in total. The molecule has 0 spiro atoms. The minimum Gasteiger partial charge on any atom is -0.349 e. The summed E-state index contributed by atoms with van der Waals surface area (Å²) >= 11 is 0. The van der Waals surface area contributed by atoms with Gasteiger partial charge in [-0.15, -0.1) is 0 Å². The van der Waals surface area contributed by atoms with Gasteiger partial charge in [-0.1, -0.05) is 56.4 Å². The van der Waals surface area contributed by atoms with Crippen LogP contribution in [0.25, 0.3) is 0 Å². The maximum atomic E-state index is 11.8. The van der Waals surface area contributed by atoms with E-state index in [4.69, 9.17) is 0 Å². The van der Waals surface area contributed by atoms with Crippen molar-refractivity contribution >= 4 is 5.91 Å². The topological polar surface area (TPSA) is 20.3 Å². The van der Waals surface area contributed by atoms with Crippen molar-refractivity contribution in [1.82, 2.24) is 4.90 Å². The highest BCUT2D eigenvalue weighted by Gasteiger charge is 2.13. The third-order valence-corrected chi connectivity index (χ3v) is 4.41. The number of hydrogen-bond acceptors (Lipinski definition) is 1. The summed E-state index contributed by atoms with van der Waals surface area (Å²) < 4.78 is 0. The molecule has 0 atom stereocenters. The minimum atomic E-state index is 0.175. The van der Waals surface area contributed by atoms with Gasteiger partial charge in [0.15, 0.2) is 0 Å². The second kappa shape index (κ2) is 7.47. The minimum absolute atomic E-state index is 0.175. The normalized spacial score (nSPS) is 16.1. The van der Waals surface area contributed by atoms with Gasteiger partial charge in [0.05, 0.1) is 6.42 Å². The fourth-order valence-electron chi connectivity index (χ4n) is 3.07. The first-order valence-electron chi connectivity index (χ1n) is 7.93. The number of aryl methyl sites for hydroxylation is 1. The zero-order chi connectivity index (χ0) is 14.4. The fraction of sp³-hybridized carbons (Fsp3) is 0.611. The smallest absolute Gasteiger partial charge is 0.226 e. The van der Waals surface area contributed by atoms with Crippen molar-refractivity contribution in [2.24, 2.45) is 5.92 Å². The zero-order valence-electron chi connectivity index (χ0n) is 12.9. The van der Waals surface area contributed by atoms with Crippen LogP contribution in [0.1, 0.15) is 49.7 Å². The van der Waals surface area contributed by atoms with E-state index in [1.54, 1.807) is 4.90 Å². The molecule has 0 aromatic heterocycles. The van der Waals surface area contributed by atoms with E-state index < -0.39 is 0 Å². The van der Waals surface area contributed by atoms with E-state index in [0.717, 1.165) is 17.9 Å². The lowest BCUT2D eigenvalue weighted by Gasteiger charge is -2.21. The lowest BCUT2D eigenvalue weighted by Crippen LogP contribution is -2.23. The van der Waals surface area contributed by atoms with Crippen LogP contribution in [-0.2, 0) is 17.6 Å². The quantitative estimate of drug-likeness (QED) is 0.798. The standard InChI is InChI=1S/C18H27NO/c1-19(2)18(20)14-17-10-6-9-16(13-17)12-11-15-7-4-3-5-8-15/h6,9-10,13,15H,3-5,7-8,11-12,14H2,1-2H3. The summed E-state index contributed by atoms with van der Waals surface area (Å²) in [6.45, 7) is 0. The molecule has 1 aliphatic carbocycles. The molecule has 1 fully saturated rings. The predicted molar refractivity (Wildman–Crippen MR) is 83.7 cm³/mol. The molecular weight excluding hydrogens is 246 g/mol. The molecule has 2 rings (SSSR count). The molecule has 0 heterocycles. The zero-order valence-corrected chi connectivity index (χ0v) is 12.9. The monoisotopic (exact) mass is 273 g/mol. The summed E-state index contributed by atoms with van der Waals surface area (Å²) in [7, 11) is 3.63. The van der Waals surface area contributed by atoms with Crippen LogP contribution in [0.3, 0.4) is 0 Å². The van der Waals surface area contributed by atoms with Crippen LogP contribution < -0.4 is 0 Å². The van der Waals surface area contributed by atoms with Crippen LogP contribution in [0.2, 0.25) is 0 Å². The van der Waals surface area contributed by atoms with Crippen LogP contribution in [0.5, 0.6) is 0 Å². The Morgan fingerprint density at radius 1 is 1.15 bits per heavy atom. The Bertz CT molecular complexity index is 433. The number of carbonyl (C=O) groups excluding carboxylic acids is 1. The van der Waals surface area contributed by atoms with E-state index in [9.17, 15) is 4.79 Å². The number of amides is 1. The predicted octanol–water partition coefficient (Wildman–Crippen LogP) is 3.83. The number of nitrogens with zero attached hydrogens (tertiary/aromatic N) is 1. The fourth-order valence-corrected chi connectivity index (χ4v) is 3.07. The summed E-state index contributed by atoms with van der Waals surface area (Å²) in [5, 5.41) is 0. The lowest BCUT2D eigenvalue weighted by atomic mass is 9.85. The largest absolute Gasteiger partial charge is 0.349 e. The summed E-state index contributed by atoms with van der Waals surface area (Å²) in [6.07, 6.45) is 10.1. The molecule has 1 aliphatic rings. The van der Waals surface area contributed by atoms with Gasteiger partial charge in [0, 0.05) is 14.1 Å². The van der Waals surface area contributed by atoms with Gasteiger partial charge in [-0.05, 0) is 29.9 Å². The molecule has 0 saturated heterocycles.